The third-order valence-electron chi connectivity index (χ3n) is 2.55. The molecule has 0 unspecified atom stereocenters. The number of hydrogen-bond donors (Lipinski definition) is 0. The molecule has 1 aliphatic rings. The van der Waals surface area contributed by atoms with Gasteiger partial charge < -0.3 is 9.47 Å². The molecular formula is C10H14BIO2S. The molecule has 82 valence electrons. The van der Waals surface area contributed by atoms with Crippen LogP contribution in [0.3, 0.4) is 0 Å². The Bertz CT molecular complexity index is 330. The fraction of sp³-hybridized carbons (Fsp3) is 0.500. The Morgan fingerprint density at radius 3 is 2.53 bits per heavy atom. The number of hydrogen-bond acceptors (Lipinski definition) is 3. The van der Waals surface area contributed by atoms with Gasteiger partial charge in [0.2, 0.25) is 0 Å². The van der Waals surface area contributed by atoms with Crippen LogP contribution in [0.15, 0.2) is 10.8 Å². The number of alkyl halides is 1. The van der Waals surface area contributed by atoms with E-state index >= 15 is 0 Å². The molecule has 2 rings (SSSR count). The van der Waals surface area contributed by atoms with E-state index in [2.05, 4.69) is 11.3 Å². The van der Waals surface area contributed by atoms with Gasteiger partial charge in [0, 0.05) is 10.8 Å². The zero-order chi connectivity index (χ0) is 10.7. The predicted octanol–water partition coefficient (Wildman–Crippen LogP) is 2.56. The Balaban J connectivity index is 2.15. The van der Waals surface area contributed by atoms with Crippen molar-refractivity contribution < 1.29 is 9.47 Å². The molecule has 0 amide bonds. The Hall–Kier alpha value is -0.0351. The van der Waals surface area contributed by atoms with Gasteiger partial charge in [0.15, 0.2) is 11.5 Å². The molecule has 1 aromatic rings. The summed E-state index contributed by atoms with van der Waals surface area (Å²) in [4.78, 5) is 0. The summed E-state index contributed by atoms with van der Waals surface area (Å²) in [6.07, 6.45) is 1.16. The van der Waals surface area contributed by atoms with Gasteiger partial charge in [-0.1, -0.05) is 17.7 Å². The molecule has 0 saturated carbocycles. The van der Waals surface area contributed by atoms with Gasteiger partial charge in [-0.2, -0.15) is 0 Å². The molecule has 1 aliphatic heterocycles. The van der Waals surface area contributed by atoms with E-state index in [0.717, 1.165) is 31.0 Å². The molecule has 2 nitrogen and oxygen atoms in total. The van der Waals surface area contributed by atoms with Crippen LogP contribution in [0.1, 0.15) is 0 Å². The molecule has 0 aliphatic carbocycles. The summed E-state index contributed by atoms with van der Waals surface area (Å²) in [5.74, 6) is 1.82. The molecule has 0 fully saturated rings. The first-order valence-corrected chi connectivity index (χ1v) is 8.56. The van der Waals surface area contributed by atoms with Gasteiger partial charge in [-0.3, -0.25) is 0 Å². The van der Waals surface area contributed by atoms with Gasteiger partial charge in [0.1, 0.15) is 20.5 Å². The molecule has 0 aromatic carbocycles. The highest BCUT2D eigenvalue weighted by molar-refractivity contribution is 14.2. The van der Waals surface area contributed by atoms with Crippen molar-refractivity contribution in [3.8, 4) is 11.5 Å². The first-order valence-electron chi connectivity index (χ1n) is 5.01. The van der Waals surface area contributed by atoms with Gasteiger partial charge >= 0.3 is 0 Å². The molecule has 2 heterocycles. The van der Waals surface area contributed by atoms with E-state index in [1.54, 1.807) is 11.3 Å². The fourth-order valence-corrected chi connectivity index (χ4v) is 4.03. The predicted molar refractivity (Wildman–Crippen MR) is 77.0 cm³/mol. The molecule has 0 radical (unpaired) electrons. The zero-order valence-electron chi connectivity index (χ0n) is 8.79. The normalized spacial score (nSPS) is 18.2. The highest BCUT2D eigenvalue weighted by Gasteiger charge is 2.32. The maximum Gasteiger partial charge on any atom is 0.171 e. The van der Waals surface area contributed by atoms with E-state index in [-0.39, 0.29) is 24.2 Å². The van der Waals surface area contributed by atoms with E-state index in [1.807, 2.05) is 10.8 Å². The lowest BCUT2D eigenvalue weighted by Crippen LogP contribution is -2.35. The summed E-state index contributed by atoms with van der Waals surface area (Å²) in [5.41, 5.74) is 0. The number of fused-ring (bicyclic) bond motifs is 1. The summed E-state index contributed by atoms with van der Waals surface area (Å²) in [6, 6.07) is 0. The van der Waals surface area contributed by atoms with E-state index in [4.69, 9.17) is 9.47 Å². The molecule has 5 heteroatoms. The lowest BCUT2D eigenvalue weighted by Gasteiger charge is -2.25. The highest BCUT2D eigenvalue weighted by Crippen LogP contribution is 2.39. The van der Waals surface area contributed by atoms with Crippen LogP contribution in [-0.2, 0) is 0 Å². The van der Waals surface area contributed by atoms with Crippen LogP contribution in [0.25, 0.3) is 0 Å². The molecule has 0 spiro atoms. The molecule has 0 saturated heterocycles. The number of thiophene rings is 1. The van der Waals surface area contributed by atoms with Crippen molar-refractivity contribution in [2.24, 2.45) is 0 Å². The standard InChI is InChI=1S/C10H14BIO2S/c1-11-5-10(12-2)6-13-8-3-15-4-9(8)14-7-10/h3-4,11H,2,5-7H2,1H3. The second-order valence-electron chi connectivity index (χ2n) is 3.71. The second kappa shape index (κ2) is 4.87. The van der Waals surface area contributed by atoms with Gasteiger partial charge in [0.05, 0.1) is 3.42 Å². The number of rotatable bonds is 3. The lowest BCUT2D eigenvalue weighted by molar-refractivity contribution is 0.262. The Labute approximate surface area is 105 Å². The zero-order valence-corrected chi connectivity index (χ0v) is 11.8. The average Bonchev–Trinajstić information content (AvgIpc) is 2.64. The topological polar surface area (TPSA) is 18.5 Å². The van der Waals surface area contributed by atoms with Crippen LogP contribution in [0.5, 0.6) is 11.5 Å². The van der Waals surface area contributed by atoms with E-state index in [0.29, 0.717) is 0 Å². The molecule has 0 bridgehead atoms. The minimum Gasteiger partial charge on any atom is -0.487 e. The first kappa shape index (κ1) is 11.5. The molecule has 0 atom stereocenters. The Kier molecular flexibility index (Phi) is 3.71. The van der Waals surface area contributed by atoms with Crippen molar-refractivity contribution in [3.05, 3.63) is 10.8 Å². The van der Waals surface area contributed by atoms with Crippen molar-refractivity contribution in [1.29, 1.82) is 0 Å². The van der Waals surface area contributed by atoms with E-state index < -0.39 is 0 Å². The quantitative estimate of drug-likeness (QED) is 0.480. The average molecular weight is 336 g/mol. The minimum absolute atomic E-state index is 0.106. The van der Waals surface area contributed by atoms with Crippen molar-refractivity contribution >= 4 is 43.9 Å². The number of halogens is 1. The van der Waals surface area contributed by atoms with Crippen LogP contribution in [0.4, 0.5) is 0 Å². The molecule has 0 N–H and O–H groups in total. The fourth-order valence-electron chi connectivity index (χ4n) is 1.68. The van der Waals surface area contributed by atoms with Crippen molar-refractivity contribution in [2.75, 3.05) is 13.2 Å². The van der Waals surface area contributed by atoms with Crippen LogP contribution in [-0.4, -0.2) is 28.4 Å². The van der Waals surface area contributed by atoms with Crippen molar-refractivity contribution in [2.45, 2.75) is 16.6 Å². The van der Waals surface area contributed by atoms with Crippen LogP contribution >= 0.6 is 32.1 Å². The number of ether oxygens (including phenoxy) is 2. The van der Waals surface area contributed by atoms with Gasteiger partial charge in [-0.25, -0.2) is 0 Å². The van der Waals surface area contributed by atoms with Crippen LogP contribution in [0.2, 0.25) is 13.1 Å². The summed E-state index contributed by atoms with van der Waals surface area (Å²) < 4.78 is 16.0. The van der Waals surface area contributed by atoms with Gasteiger partial charge in [0.25, 0.3) is 0 Å². The van der Waals surface area contributed by atoms with Crippen LogP contribution in [0, 0.1) is 0 Å². The first-order chi connectivity index (χ1) is 7.29. The van der Waals surface area contributed by atoms with Crippen molar-refractivity contribution in [3.63, 3.8) is 0 Å². The summed E-state index contributed by atoms with van der Waals surface area (Å²) in [7, 11) is 1.18. The van der Waals surface area contributed by atoms with Crippen molar-refractivity contribution in [1.82, 2.24) is 0 Å². The van der Waals surface area contributed by atoms with E-state index in [9.17, 15) is 0 Å². The Morgan fingerprint density at radius 2 is 2.07 bits per heavy atom. The monoisotopic (exact) mass is 336 g/mol. The van der Waals surface area contributed by atoms with Crippen LogP contribution < -0.4 is 9.47 Å². The SMILES string of the molecule is C=IC1(CBC)COc2cscc2OC1. The third-order valence-corrected chi connectivity index (χ3v) is 6.03. The summed E-state index contributed by atoms with van der Waals surface area (Å²) in [5, 5.41) is 4.03. The molecular weight excluding hydrogens is 322 g/mol. The summed E-state index contributed by atoms with van der Waals surface area (Å²) in [6.45, 7) is 3.77. The second-order valence-corrected chi connectivity index (χ2v) is 7.51. The smallest absolute Gasteiger partial charge is 0.171 e. The maximum absolute atomic E-state index is 5.82. The largest absolute Gasteiger partial charge is 0.487 e. The maximum atomic E-state index is 5.82. The van der Waals surface area contributed by atoms with E-state index in [1.165, 1.54) is 7.28 Å². The lowest BCUT2D eigenvalue weighted by atomic mass is 9.72. The summed E-state index contributed by atoms with van der Waals surface area (Å²) >= 11 is 1.52. The third kappa shape index (κ3) is 2.38. The Morgan fingerprint density at radius 1 is 1.47 bits per heavy atom. The van der Waals surface area contributed by atoms with Gasteiger partial charge in [-0.15, -0.1) is 32.1 Å². The highest BCUT2D eigenvalue weighted by atomic mass is 127. The van der Waals surface area contributed by atoms with Gasteiger partial charge in [-0.05, 0) is 0 Å². The molecule has 15 heavy (non-hydrogen) atoms. The molecule has 1 aromatic heterocycles. The minimum atomic E-state index is -0.106.